The number of nitrogens with zero attached hydrogens (tertiary/aromatic N) is 7. The predicted molar refractivity (Wildman–Crippen MR) is 113 cm³/mol. The smallest absolute Gasteiger partial charge is 0.256 e. The fourth-order valence-corrected chi connectivity index (χ4v) is 3.50. The summed E-state index contributed by atoms with van der Waals surface area (Å²) < 4.78 is 23.3. The summed E-state index contributed by atoms with van der Waals surface area (Å²) in [5.41, 5.74) is 1.76. The number of aryl methyl sites for hydroxylation is 2. The Morgan fingerprint density at radius 1 is 1.32 bits per heavy atom. The number of halogens is 1. The maximum atomic E-state index is 14.6. The first-order valence-corrected chi connectivity index (χ1v) is 9.75. The number of anilines is 3. The van der Waals surface area contributed by atoms with Crippen LogP contribution in [0.2, 0.25) is 0 Å². The molecular formula is C19H24FN9O2. The van der Waals surface area contributed by atoms with Crippen molar-refractivity contribution in [2.45, 2.75) is 19.1 Å². The molecule has 0 unspecified atom stereocenters. The van der Waals surface area contributed by atoms with Crippen LogP contribution >= 0.6 is 0 Å². The molecule has 0 radical (unpaired) electrons. The second-order valence-electron chi connectivity index (χ2n) is 7.29. The van der Waals surface area contributed by atoms with Gasteiger partial charge in [0, 0.05) is 20.6 Å². The number of rotatable bonds is 6. The molecule has 4 rings (SSSR count). The second kappa shape index (κ2) is 8.20. The molecule has 1 aliphatic heterocycles. The van der Waals surface area contributed by atoms with E-state index in [1.165, 1.54) is 13.2 Å². The minimum atomic E-state index is -1.24. The molecule has 1 saturated heterocycles. The highest BCUT2D eigenvalue weighted by molar-refractivity contribution is 5.88. The molecule has 0 saturated carbocycles. The number of carbonyl (C=O) groups excluding carboxylic acids is 1. The zero-order chi connectivity index (χ0) is 22.1. The van der Waals surface area contributed by atoms with Crippen molar-refractivity contribution in [1.82, 2.24) is 34.6 Å². The number of fused-ring (bicyclic) bond motifs is 1. The Balaban J connectivity index is 1.66. The topological polar surface area (TPSA) is 115 Å². The zero-order valence-corrected chi connectivity index (χ0v) is 17.7. The number of ether oxygens (including phenoxy) is 1. The van der Waals surface area contributed by atoms with E-state index >= 15 is 0 Å². The van der Waals surface area contributed by atoms with Crippen LogP contribution in [0.3, 0.4) is 0 Å². The van der Waals surface area contributed by atoms with Gasteiger partial charge in [0.15, 0.2) is 17.0 Å². The fraction of sp³-hybridized carbons (Fsp3) is 0.421. The molecule has 1 amide bonds. The molecule has 3 aromatic rings. The van der Waals surface area contributed by atoms with Crippen molar-refractivity contribution < 1.29 is 13.9 Å². The summed E-state index contributed by atoms with van der Waals surface area (Å²) in [6, 6.07) is -0.649. The van der Waals surface area contributed by atoms with Gasteiger partial charge in [0.1, 0.15) is 11.9 Å². The molecule has 31 heavy (non-hydrogen) atoms. The normalized spacial score (nSPS) is 18.8. The van der Waals surface area contributed by atoms with Crippen molar-refractivity contribution in [3.8, 4) is 5.88 Å². The van der Waals surface area contributed by atoms with Gasteiger partial charge < -0.3 is 24.8 Å². The average Bonchev–Trinajstić information content (AvgIpc) is 3.40. The molecule has 12 heteroatoms. The van der Waals surface area contributed by atoms with Crippen LogP contribution in [-0.2, 0) is 18.9 Å². The Kier molecular flexibility index (Phi) is 5.44. The number of aromatic nitrogens is 6. The Bertz CT molecular complexity index is 1140. The molecule has 2 N–H and O–H groups in total. The minimum absolute atomic E-state index is 0.0692. The van der Waals surface area contributed by atoms with Gasteiger partial charge in [0.2, 0.25) is 11.9 Å². The molecule has 11 nitrogen and oxygen atoms in total. The minimum Gasteiger partial charge on any atom is -0.478 e. The first-order chi connectivity index (χ1) is 14.9. The number of alkyl halides is 1. The Hall–Kier alpha value is -3.70. The molecular weight excluding hydrogens is 405 g/mol. The average molecular weight is 429 g/mol. The number of carbonyl (C=O) groups is 1. The summed E-state index contributed by atoms with van der Waals surface area (Å²) in [4.78, 5) is 27.1. The van der Waals surface area contributed by atoms with Gasteiger partial charge in [-0.1, -0.05) is 6.08 Å². The van der Waals surface area contributed by atoms with Gasteiger partial charge in [-0.2, -0.15) is 9.97 Å². The fourth-order valence-electron chi connectivity index (χ4n) is 3.50. The summed E-state index contributed by atoms with van der Waals surface area (Å²) >= 11 is 0. The van der Waals surface area contributed by atoms with Crippen molar-refractivity contribution in [3.05, 3.63) is 24.7 Å². The predicted octanol–water partition coefficient (Wildman–Crippen LogP) is 1.07. The van der Waals surface area contributed by atoms with Crippen molar-refractivity contribution >= 4 is 34.5 Å². The molecule has 1 fully saturated rings. The molecule has 0 aliphatic carbocycles. The molecule has 0 bridgehead atoms. The van der Waals surface area contributed by atoms with E-state index in [-0.39, 0.29) is 19.0 Å². The third kappa shape index (κ3) is 4.00. The third-order valence-corrected chi connectivity index (χ3v) is 4.97. The van der Waals surface area contributed by atoms with Crippen LogP contribution in [0.25, 0.3) is 11.2 Å². The number of amides is 1. The molecule has 0 aromatic carbocycles. The van der Waals surface area contributed by atoms with E-state index in [2.05, 4.69) is 30.7 Å². The summed E-state index contributed by atoms with van der Waals surface area (Å²) in [7, 11) is 5.13. The van der Waals surface area contributed by atoms with Gasteiger partial charge in [-0.3, -0.25) is 9.48 Å². The van der Waals surface area contributed by atoms with Crippen LogP contribution < -0.4 is 20.3 Å². The van der Waals surface area contributed by atoms with Crippen molar-refractivity contribution in [2.24, 2.45) is 14.1 Å². The quantitative estimate of drug-likeness (QED) is 0.559. The van der Waals surface area contributed by atoms with Crippen molar-refractivity contribution in [3.63, 3.8) is 0 Å². The van der Waals surface area contributed by atoms with Gasteiger partial charge >= 0.3 is 0 Å². The van der Waals surface area contributed by atoms with E-state index in [9.17, 15) is 9.18 Å². The van der Waals surface area contributed by atoms with Gasteiger partial charge in [0.05, 0.1) is 32.2 Å². The second-order valence-corrected chi connectivity index (χ2v) is 7.29. The first-order valence-electron chi connectivity index (χ1n) is 9.75. The molecule has 4 heterocycles. The lowest BCUT2D eigenvalue weighted by molar-refractivity contribution is -0.117. The van der Waals surface area contributed by atoms with Crippen LogP contribution in [0.4, 0.5) is 21.8 Å². The van der Waals surface area contributed by atoms with Crippen LogP contribution in [0, 0.1) is 0 Å². The van der Waals surface area contributed by atoms with E-state index in [0.29, 0.717) is 34.5 Å². The Morgan fingerprint density at radius 3 is 2.87 bits per heavy atom. The molecule has 2 atom stereocenters. The van der Waals surface area contributed by atoms with Crippen LogP contribution in [0.5, 0.6) is 5.88 Å². The molecule has 164 valence electrons. The number of hydrogen-bond acceptors (Lipinski definition) is 8. The lowest BCUT2D eigenvalue weighted by Crippen LogP contribution is -2.40. The Morgan fingerprint density at radius 2 is 2.13 bits per heavy atom. The van der Waals surface area contributed by atoms with Gasteiger partial charge in [0.25, 0.3) is 5.88 Å². The highest BCUT2D eigenvalue weighted by atomic mass is 19.1. The van der Waals surface area contributed by atoms with E-state index in [0.717, 1.165) is 0 Å². The number of hydrogen-bond donors (Lipinski definition) is 2. The maximum Gasteiger partial charge on any atom is 0.256 e. The van der Waals surface area contributed by atoms with Crippen molar-refractivity contribution in [2.75, 3.05) is 30.4 Å². The highest BCUT2D eigenvalue weighted by Gasteiger charge is 2.35. The summed E-state index contributed by atoms with van der Waals surface area (Å²) in [5, 5.41) is 10.1. The molecule has 3 aromatic heterocycles. The number of imidazole rings is 1. The lowest BCUT2D eigenvalue weighted by atomic mass is 10.2. The Labute approximate surface area is 177 Å². The standard InChI is InChI=1S/C19H24FN9O2/c1-5-6-14(30)22-12-9-29(7-11(12)20)19-24-16(15-17(25-19)27(2)10-21-15)23-13-8-28(3)26-18(13)31-4/h5-6,8,10-12H,7,9H2,1-4H3,(H,22,30)(H,23,24,25)/b6-5+/t11-,12-/m1/s1. The number of methoxy groups -OCH3 is 1. The van der Waals surface area contributed by atoms with E-state index in [1.807, 2.05) is 7.05 Å². The van der Waals surface area contributed by atoms with Crippen molar-refractivity contribution in [1.29, 1.82) is 0 Å². The molecule has 1 aliphatic rings. The van der Waals surface area contributed by atoms with Gasteiger partial charge in [-0.15, -0.1) is 5.10 Å². The first kappa shape index (κ1) is 20.6. The van der Waals surface area contributed by atoms with Gasteiger partial charge in [-0.05, 0) is 13.0 Å². The van der Waals surface area contributed by atoms with Crippen LogP contribution in [0.15, 0.2) is 24.7 Å². The SMILES string of the molecule is C/C=C/C(=O)N[C@@H]1CN(c2nc(Nc3cn(C)nc3OC)c3ncn(C)c3n2)C[C@H]1F. The number of nitrogens with one attached hydrogen (secondary N) is 2. The van der Waals surface area contributed by atoms with Crippen LogP contribution in [-0.4, -0.2) is 67.6 Å². The highest BCUT2D eigenvalue weighted by Crippen LogP contribution is 2.30. The van der Waals surface area contributed by atoms with E-state index in [1.54, 1.807) is 46.7 Å². The molecule has 0 spiro atoms. The van der Waals surface area contributed by atoms with E-state index in [4.69, 9.17) is 4.74 Å². The lowest BCUT2D eigenvalue weighted by Gasteiger charge is -2.17. The third-order valence-electron chi connectivity index (χ3n) is 4.97. The summed E-state index contributed by atoms with van der Waals surface area (Å²) in [6.07, 6.45) is 5.14. The summed E-state index contributed by atoms with van der Waals surface area (Å²) in [5.74, 6) is 0.866. The largest absolute Gasteiger partial charge is 0.478 e. The zero-order valence-electron chi connectivity index (χ0n) is 17.7. The monoisotopic (exact) mass is 429 g/mol. The number of allylic oxidation sites excluding steroid dienone is 1. The van der Waals surface area contributed by atoms with Crippen LogP contribution in [0.1, 0.15) is 6.92 Å². The maximum absolute atomic E-state index is 14.6. The van der Waals surface area contributed by atoms with E-state index < -0.39 is 12.2 Å². The summed E-state index contributed by atoms with van der Waals surface area (Å²) in [6.45, 7) is 2.06. The van der Waals surface area contributed by atoms with Gasteiger partial charge in [-0.25, -0.2) is 9.37 Å².